The molecule has 0 aliphatic carbocycles. The van der Waals surface area contributed by atoms with Gasteiger partial charge in [-0.05, 0) is 43.3 Å². The third kappa shape index (κ3) is 3.96. The molecule has 0 unspecified atom stereocenters. The molecule has 31 heavy (non-hydrogen) atoms. The van der Waals surface area contributed by atoms with Gasteiger partial charge in [0, 0.05) is 36.8 Å². The molecule has 0 atom stereocenters. The number of fused-ring (bicyclic) bond motifs is 2. The van der Waals surface area contributed by atoms with Crippen molar-refractivity contribution in [3.63, 3.8) is 0 Å². The third-order valence-electron chi connectivity index (χ3n) is 5.72. The number of nitrogens with one attached hydrogen (secondary N) is 1. The van der Waals surface area contributed by atoms with Gasteiger partial charge in [-0.3, -0.25) is 4.40 Å². The SMILES string of the molecule is CN(C)CCc1ccc(-c2cnc(NCc3cccc4c3CCO4)n3cnnc23)cc1. The zero-order valence-electron chi connectivity index (χ0n) is 17.9. The van der Waals surface area contributed by atoms with Gasteiger partial charge in [0.1, 0.15) is 12.1 Å². The maximum Gasteiger partial charge on any atom is 0.210 e. The Kier molecular flexibility index (Phi) is 5.26. The minimum absolute atomic E-state index is 0.673. The summed E-state index contributed by atoms with van der Waals surface area (Å²) in [7, 11) is 4.19. The summed E-state index contributed by atoms with van der Waals surface area (Å²) in [6.45, 7) is 2.46. The average molecular weight is 415 g/mol. The van der Waals surface area contributed by atoms with Crippen molar-refractivity contribution >= 4 is 11.6 Å². The van der Waals surface area contributed by atoms with E-state index in [0.29, 0.717) is 6.54 Å². The lowest BCUT2D eigenvalue weighted by atomic mass is 10.0. The molecule has 2 aromatic heterocycles. The van der Waals surface area contributed by atoms with Crippen molar-refractivity contribution in [2.24, 2.45) is 0 Å². The minimum Gasteiger partial charge on any atom is -0.493 e. The first-order valence-electron chi connectivity index (χ1n) is 10.6. The van der Waals surface area contributed by atoms with Crippen LogP contribution in [0.15, 0.2) is 55.0 Å². The molecule has 0 radical (unpaired) electrons. The van der Waals surface area contributed by atoms with Gasteiger partial charge in [0.05, 0.1) is 6.61 Å². The number of anilines is 1. The van der Waals surface area contributed by atoms with Crippen LogP contribution in [-0.2, 0) is 19.4 Å². The van der Waals surface area contributed by atoms with Gasteiger partial charge in [-0.15, -0.1) is 10.2 Å². The average Bonchev–Trinajstić information content (AvgIpc) is 3.46. The van der Waals surface area contributed by atoms with Crippen LogP contribution in [0.25, 0.3) is 16.8 Å². The molecule has 1 N–H and O–H groups in total. The summed E-state index contributed by atoms with van der Waals surface area (Å²) in [5.41, 5.74) is 6.68. The molecule has 0 amide bonds. The smallest absolute Gasteiger partial charge is 0.210 e. The number of ether oxygens (including phenoxy) is 1. The lowest BCUT2D eigenvalue weighted by Crippen LogP contribution is -2.14. The van der Waals surface area contributed by atoms with Crippen LogP contribution < -0.4 is 10.1 Å². The second-order valence-corrected chi connectivity index (χ2v) is 8.12. The summed E-state index contributed by atoms with van der Waals surface area (Å²) in [5.74, 6) is 1.72. The van der Waals surface area contributed by atoms with E-state index in [0.717, 1.165) is 54.5 Å². The molecule has 2 aromatic carbocycles. The quantitative estimate of drug-likeness (QED) is 0.500. The van der Waals surface area contributed by atoms with Crippen molar-refractivity contribution < 1.29 is 4.74 Å². The second-order valence-electron chi connectivity index (χ2n) is 8.12. The maximum absolute atomic E-state index is 5.68. The Balaban J connectivity index is 1.38. The van der Waals surface area contributed by atoms with E-state index < -0.39 is 0 Å². The van der Waals surface area contributed by atoms with Gasteiger partial charge in [-0.2, -0.15) is 0 Å². The zero-order valence-corrected chi connectivity index (χ0v) is 17.9. The highest BCUT2D eigenvalue weighted by Gasteiger charge is 2.16. The number of aromatic nitrogens is 4. The monoisotopic (exact) mass is 414 g/mol. The second kappa shape index (κ2) is 8.35. The van der Waals surface area contributed by atoms with Crippen molar-refractivity contribution in [1.29, 1.82) is 0 Å². The van der Waals surface area contributed by atoms with E-state index in [9.17, 15) is 0 Å². The molecule has 7 nitrogen and oxygen atoms in total. The normalized spacial score (nSPS) is 12.9. The standard InChI is InChI=1S/C24H26N6O/c1-29(2)12-10-17-6-8-18(9-7-17)21-15-26-24(30-16-27-28-23(21)30)25-14-19-4-3-5-22-20(19)11-13-31-22/h3-9,15-16H,10-14H2,1-2H3,(H,25,26). The Morgan fingerprint density at radius 1 is 1.13 bits per heavy atom. The Morgan fingerprint density at radius 2 is 2.00 bits per heavy atom. The Morgan fingerprint density at radius 3 is 2.84 bits per heavy atom. The number of hydrogen-bond donors (Lipinski definition) is 1. The number of likely N-dealkylation sites (N-methyl/N-ethyl adjacent to an activating group) is 1. The van der Waals surface area contributed by atoms with Gasteiger partial charge >= 0.3 is 0 Å². The lowest BCUT2D eigenvalue weighted by molar-refractivity contribution is 0.357. The molecule has 0 saturated heterocycles. The summed E-state index contributed by atoms with van der Waals surface area (Å²) >= 11 is 0. The Hall–Kier alpha value is -3.45. The van der Waals surface area contributed by atoms with E-state index in [-0.39, 0.29) is 0 Å². The first kappa shape index (κ1) is 19.5. The van der Waals surface area contributed by atoms with Crippen LogP contribution in [-0.4, -0.2) is 51.7 Å². The molecule has 0 fully saturated rings. The van der Waals surface area contributed by atoms with E-state index in [1.165, 1.54) is 16.7 Å². The van der Waals surface area contributed by atoms with Crippen LogP contribution in [0.1, 0.15) is 16.7 Å². The van der Waals surface area contributed by atoms with Crippen LogP contribution >= 0.6 is 0 Å². The Labute approximate surface area is 181 Å². The molecule has 0 saturated carbocycles. The van der Waals surface area contributed by atoms with Gasteiger partial charge < -0.3 is 15.0 Å². The van der Waals surface area contributed by atoms with Crippen molar-refractivity contribution in [1.82, 2.24) is 24.5 Å². The van der Waals surface area contributed by atoms with Gasteiger partial charge in [-0.1, -0.05) is 36.4 Å². The molecule has 0 spiro atoms. The molecule has 1 aliphatic heterocycles. The van der Waals surface area contributed by atoms with Crippen LogP contribution in [0.2, 0.25) is 0 Å². The van der Waals surface area contributed by atoms with E-state index in [4.69, 9.17) is 4.74 Å². The number of benzene rings is 2. The fraction of sp³-hybridized carbons (Fsp3) is 0.292. The predicted octanol–water partition coefficient (Wildman–Crippen LogP) is 3.44. The molecule has 3 heterocycles. The van der Waals surface area contributed by atoms with E-state index >= 15 is 0 Å². The van der Waals surface area contributed by atoms with Gasteiger partial charge in [0.25, 0.3) is 0 Å². The first-order chi connectivity index (χ1) is 15.2. The molecular formula is C24H26N6O. The van der Waals surface area contributed by atoms with Crippen molar-refractivity contribution in [3.05, 3.63) is 71.7 Å². The highest BCUT2D eigenvalue weighted by Crippen LogP contribution is 2.29. The largest absolute Gasteiger partial charge is 0.493 e. The fourth-order valence-corrected chi connectivity index (χ4v) is 3.99. The molecular weight excluding hydrogens is 388 g/mol. The van der Waals surface area contributed by atoms with Crippen LogP contribution in [0.4, 0.5) is 5.95 Å². The highest BCUT2D eigenvalue weighted by atomic mass is 16.5. The molecule has 7 heteroatoms. The van der Waals surface area contributed by atoms with Crippen molar-refractivity contribution in [2.75, 3.05) is 32.6 Å². The van der Waals surface area contributed by atoms with Gasteiger partial charge in [0.2, 0.25) is 5.95 Å². The molecule has 4 aromatic rings. The van der Waals surface area contributed by atoms with E-state index in [2.05, 4.69) is 69.8 Å². The van der Waals surface area contributed by atoms with Gasteiger partial charge in [-0.25, -0.2) is 4.98 Å². The summed E-state index contributed by atoms with van der Waals surface area (Å²) in [6, 6.07) is 14.8. The molecule has 0 bridgehead atoms. The fourth-order valence-electron chi connectivity index (χ4n) is 3.99. The summed E-state index contributed by atoms with van der Waals surface area (Å²) in [4.78, 5) is 6.87. The number of nitrogens with zero attached hydrogens (tertiary/aromatic N) is 5. The molecule has 1 aliphatic rings. The highest BCUT2D eigenvalue weighted by molar-refractivity contribution is 5.77. The predicted molar refractivity (Wildman–Crippen MR) is 121 cm³/mol. The number of rotatable bonds is 7. The van der Waals surface area contributed by atoms with Gasteiger partial charge in [0.15, 0.2) is 5.65 Å². The summed E-state index contributed by atoms with van der Waals surface area (Å²) < 4.78 is 7.59. The van der Waals surface area contributed by atoms with Crippen LogP contribution in [0.3, 0.4) is 0 Å². The van der Waals surface area contributed by atoms with E-state index in [1.807, 2.05) is 22.7 Å². The lowest BCUT2D eigenvalue weighted by Gasteiger charge is -2.12. The third-order valence-corrected chi connectivity index (χ3v) is 5.72. The van der Waals surface area contributed by atoms with Crippen LogP contribution in [0, 0.1) is 0 Å². The summed E-state index contributed by atoms with van der Waals surface area (Å²) in [6.07, 6.45) is 5.56. The molecule has 5 rings (SSSR count). The van der Waals surface area contributed by atoms with Crippen molar-refractivity contribution in [2.45, 2.75) is 19.4 Å². The first-order valence-corrected chi connectivity index (χ1v) is 10.6. The molecule has 158 valence electrons. The topological polar surface area (TPSA) is 67.6 Å². The minimum atomic E-state index is 0.673. The maximum atomic E-state index is 5.68. The van der Waals surface area contributed by atoms with E-state index in [1.54, 1.807) is 6.33 Å². The van der Waals surface area contributed by atoms with Crippen LogP contribution in [0.5, 0.6) is 5.75 Å². The summed E-state index contributed by atoms with van der Waals surface area (Å²) in [5, 5.41) is 11.9. The Bertz CT molecular complexity index is 1200. The zero-order chi connectivity index (χ0) is 21.2. The number of hydrogen-bond acceptors (Lipinski definition) is 6. The van der Waals surface area contributed by atoms with Crippen molar-refractivity contribution in [3.8, 4) is 16.9 Å².